The topological polar surface area (TPSA) is 73.7 Å². The number of likely N-dealkylation sites (tertiary alicyclic amines) is 1. The molecule has 5 rings (SSSR count). The zero-order chi connectivity index (χ0) is 23.7. The Balaban J connectivity index is 1.08. The van der Waals surface area contributed by atoms with Gasteiger partial charge in [-0.25, -0.2) is 4.79 Å². The Bertz CT molecular complexity index is 1160. The molecule has 1 aliphatic heterocycles. The van der Waals surface area contributed by atoms with Crippen molar-refractivity contribution >= 4 is 23.4 Å². The summed E-state index contributed by atoms with van der Waals surface area (Å²) in [5, 5.41) is 4.77. The maximum atomic E-state index is 12.7. The second kappa shape index (κ2) is 9.60. The number of ketones is 1. The van der Waals surface area contributed by atoms with Crippen LogP contribution in [0.4, 0.5) is 4.79 Å². The van der Waals surface area contributed by atoms with Gasteiger partial charge in [0.05, 0.1) is 12.7 Å². The quantitative estimate of drug-likeness (QED) is 0.441. The molecule has 2 fully saturated rings. The molecule has 2 aliphatic rings. The van der Waals surface area contributed by atoms with Crippen LogP contribution < -0.4 is 4.74 Å². The number of carbonyl (C=O) groups is 2. The van der Waals surface area contributed by atoms with E-state index in [1.54, 1.807) is 24.4 Å². The van der Waals surface area contributed by atoms with Crippen molar-refractivity contribution in [3.63, 3.8) is 0 Å². The van der Waals surface area contributed by atoms with Crippen LogP contribution in [0, 0.1) is 11.8 Å². The highest BCUT2D eigenvalue weighted by atomic mass is 35.5. The molecular weight excluding hydrogens is 454 g/mol. The van der Waals surface area contributed by atoms with Gasteiger partial charge >= 0.3 is 6.03 Å². The van der Waals surface area contributed by atoms with Crippen molar-refractivity contribution in [3.8, 4) is 11.5 Å². The van der Waals surface area contributed by atoms with E-state index in [9.17, 15) is 9.59 Å². The number of fused-ring (bicyclic) bond motifs is 1. The smallest absolute Gasteiger partial charge is 0.344 e. The number of Topliss-reactive ketones (excluding diaryl/α,β-unsaturated/α-hetero) is 1. The molecule has 34 heavy (non-hydrogen) atoms. The lowest BCUT2D eigenvalue weighted by Crippen LogP contribution is -2.34. The Morgan fingerprint density at radius 2 is 1.59 bits per heavy atom. The number of ether oxygens (including phenoxy) is 2. The molecule has 2 aromatic carbocycles. The molecule has 2 heterocycles. The molecule has 3 aromatic rings. The molecule has 8 heteroatoms. The highest BCUT2D eigenvalue weighted by molar-refractivity contribution is 6.30. The van der Waals surface area contributed by atoms with E-state index in [0.717, 1.165) is 29.9 Å². The van der Waals surface area contributed by atoms with Crippen molar-refractivity contribution in [3.05, 3.63) is 77.1 Å². The van der Waals surface area contributed by atoms with Gasteiger partial charge in [0.2, 0.25) is 0 Å². The van der Waals surface area contributed by atoms with Gasteiger partial charge in [0, 0.05) is 31.2 Å². The monoisotopic (exact) mass is 479 g/mol. The summed E-state index contributed by atoms with van der Waals surface area (Å²) >= 11 is 5.91. The maximum Gasteiger partial charge on any atom is 0.344 e. The first-order chi connectivity index (χ1) is 16.4. The fourth-order valence-electron chi connectivity index (χ4n) is 4.81. The van der Waals surface area contributed by atoms with Crippen LogP contribution in [0.2, 0.25) is 5.02 Å². The van der Waals surface area contributed by atoms with E-state index in [1.807, 2.05) is 41.3 Å². The van der Waals surface area contributed by atoms with Crippen molar-refractivity contribution in [1.82, 2.24) is 14.7 Å². The number of carbonyl (C=O) groups excluding carboxylic acids is 2. The van der Waals surface area contributed by atoms with E-state index in [4.69, 9.17) is 21.1 Å². The Labute approximate surface area is 203 Å². The molecule has 1 aromatic heterocycles. The Morgan fingerprint density at radius 3 is 2.18 bits per heavy atom. The van der Waals surface area contributed by atoms with Gasteiger partial charge in [0.1, 0.15) is 17.2 Å². The predicted octanol–water partition coefficient (Wildman–Crippen LogP) is 5.43. The lowest BCUT2D eigenvalue weighted by Gasteiger charge is -2.19. The molecule has 1 amide bonds. The van der Waals surface area contributed by atoms with Crippen LogP contribution in [0.3, 0.4) is 0 Å². The third kappa shape index (κ3) is 5.00. The summed E-state index contributed by atoms with van der Waals surface area (Å²) in [6, 6.07) is 16.6. The summed E-state index contributed by atoms with van der Waals surface area (Å²) < 4.78 is 13.3. The molecule has 1 saturated heterocycles. The van der Waals surface area contributed by atoms with Crippen LogP contribution in [-0.4, -0.2) is 45.7 Å². The first-order valence-corrected chi connectivity index (χ1v) is 11.8. The summed E-state index contributed by atoms with van der Waals surface area (Å²) in [7, 11) is 0. The zero-order valence-corrected chi connectivity index (χ0v) is 19.6. The largest absolute Gasteiger partial charge is 0.457 e. The molecule has 0 radical (unpaired) electrons. The average molecular weight is 480 g/mol. The Kier molecular flexibility index (Phi) is 6.39. The van der Waals surface area contributed by atoms with Gasteiger partial charge in [-0.1, -0.05) is 23.7 Å². The van der Waals surface area contributed by atoms with Gasteiger partial charge in [0.15, 0.2) is 5.78 Å². The van der Waals surface area contributed by atoms with Crippen LogP contribution in [0.15, 0.2) is 60.8 Å². The number of hydrogen-bond acceptors (Lipinski definition) is 5. The van der Waals surface area contributed by atoms with Crippen LogP contribution in [-0.2, 0) is 11.3 Å². The summed E-state index contributed by atoms with van der Waals surface area (Å²) in [6.07, 6.45) is 3.66. The van der Waals surface area contributed by atoms with Crippen LogP contribution in [0.25, 0.3) is 0 Å². The van der Waals surface area contributed by atoms with E-state index < -0.39 is 0 Å². The first-order valence-electron chi connectivity index (χ1n) is 11.4. The second-order valence-electron chi connectivity index (χ2n) is 9.01. The zero-order valence-electron chi connectivity index (χ0n) is 18.9. The Hall–Kier alpha value is -3.16. The number of aromatic nitrogens is 2. The minimum Gasteiger partial charge on any atom is -0.457 e. The van der Waals surface area contributed by atoms with E-state index in [-0.39, 0.29) is 17.9 Å². The molecule has 0 spiro atoms. The minimum absolute atomic E-state index is 0.145. The predicted molar refractivity (Wildman–Crippen MR) is 127 cm³/mol. The highest BCUT2D eigenvalue weighted by Crippen LogP contribution is 2.40. The molecule has 1 saturated carbocycles. The third-order valence-electron chi connectivity index (χ3n) is 6.58. The number of amides is 1. The molecule has 1 aliphatic carbocycles. The number of halogens is 1. The fourth-order valence-corrected chi connectivity index (χ4v) is 4.93. The van der Waals surface area contributed by atoms with Crippen molar-refractivity contribution in [2.24, 2.45) is 11.8 Å². The van der Waals surface area contributed by atoms with Crippen molar-refractivity contribution in [1.29, 1.82) is 0 Å². The highest BCUT2D eigenvalue weighted by Gasteiger charge is 2.43. The van der Waals surface area contributed by atoms with Gasteiger partial charge in [-0.05, 0) is 72.7 Å². The molecule has 176 valence electrons. The summed E-state index contributed by atoms with van der Waals surface area (Å²) in [6.45, 7) is 3.40. The van der Waals surface area contributed by atoms with Gasteiger partial charge < -0.3 is 14.4 Å². The van der Waals surface area contributed by atoms with E-state index in [1.165, 1.54) is 11.6 Å². The third-order valence-corrected chi connectivity index (χ3v) is 6.83. The molecular formula is C26H26ClN3O4. The maximum absolute atomic E-state index is 12.7. The van der Waals surface area contributed by atoms with Crippen LogP contribution in [0.5, 0.6) is 11.5 Å². The number of hydrogen-bond donors (Lipinski definition) is 0. The summed E-state index contributed by atoms with van der Waals surface area (Å²) in [5.74, 6) is 2.23. The average Bonchev–Trinajstić information content (AvgIpc) is 3.55. The van der Waals surface area contributed by atoms with Crippen molar-refractivity contribution in [2.45, 2.75) is 32.5 Å². The van der Waals surface area contributed by atoms with Gasteiger partial charge in [-0.15, -0.1) is 0 Å². The fraction of sp³-hybridized carbons (Fsp3) is 0.346. The van der Waals surface area contributed by atoms with Gasteiger partial charge in [-0.2, -0.15) is 9.78 Å². The lowest BCUT2D eigenvalue weighted by atomic mass is 10.0. The van der Waals surface area contributed by atoms with Gasteiger partial charge in [0.25, 0.3) is 0 Å². The molecule has 0 bridgehead atoms. The number of benzene rings is 2. The Morgan fingerprint density at radius 1 is 0.971 bits per heavy atom. The second-order valence-corrected chi connectivity index (χ2v) is 9.45. The molecule has 0 N–H and O–H groups in total. The first kappa shape index (κ1) is 22.6. The van der Waals surface area contributed by atoms with Crippen molar-refractivity contribution in [2.75, 3.05) is 13.1 Å². The molecule has 1 unspecified atom stereocenters. The number of nitrogens with zero attached hydrogens (tertiary/aromatic N) is 3. The summed E-state index contributed by atoms with van der Waals surface area (Å²) in [4.78, 5) is 26.0. The van der Waals surface area contributed by atoms with Crippen molar-refractivity contribution < 1.29 is 19.1 Å². The number of rotatable bonds is 6. The van der Waals surface area contributed by atoms with E-state index >= 15 is 0 Å². The van der Waals surface area contributed by atoms with Crippen LogP contribution >= 0.6 is 11.6 Å². The van der Waals surface area contributed by atoms with Crippen LogP contribution in [0.1, 0.15) is 35.8 Å². The van der Waals surface area contributed by atoms with E-state index in [2.05, 4.69) is 5.10 Å². The van der Waals surface area contributed by atoms with Gasteiger partial charge in [-0.3, -0.25) is 4.79 Å². The van der Waals surface area contributed by atoms with E-state index in [0.29, 0.717) is 42.2 Å². The lowest BCUT2D eigenvalue weighted by molar-refractivity contribution is 0.0383. The normalized spacial score (nSPS) is 21.5. The molecule has 7 nitrogen and oxygen atoms in total. The SMILES string of the molecule is CC(=O)c1ccn(C(=O)N2C[C@H]3CC(OCc4ccc(Oc5ccc(Cl)cc5)cc4)C[C@H]3C2)n1. The summed E-state index contributed by atoms with van der Waals surface area (Å²) in [5.41, 5.74) is 1.41. The minimum atomic E-state index is -0.166. The standard InChI is InChI=1S/C26H26ClN3O4/c1-17(31)25-10-11-30(28-25)26(32)29-14-19-12-24(13-20(19)15-29)33-16-18-2-6-22(7-3-18)34-23-8-4-21(27)5-9-23/h2-11,19-20,24H,12-16H2,1H3/t19-,20+,24?. The molecule has 3 atom stereocenters.